The lowest BCUT2D eigenvalue weighted by atomic mass is 10.0. The van der Waals surface area contributed by atoms with Crippen molar-refractivity contribution >= 4 is 27.1 Å². The van der Waals surface area contributed by atoms with Crippen LogP contribution in [0.5, 0.6) is 0 Å². The van der Waals surface area contributed by atoms with Crippen LogP contribution in [0.15, 0.2) is 24.3 Å². The summed E-state index contributed by atoms with van der Waals surface area (Å²) in [5.74, 6) is -0.121. The molecule has 1 aromatic rings. The highest BCUT2D eigenvalue weighted by molar-refractivity contribution is 7.94. The third-order valence-electron chi connectivity index (χ3n) is 3.01. The van der Waals surface area contributed by atoms with Crippen molar-refractivity contribution in [2.24, 2.45) is 0 Å². The summed E-state index contributed by atoms with van der Waals surface area (Å²) in [5, 5.41) is 10.3. The van der Waals surface area contributed by atoms with E-state index in [1.165, 1.54) is 13.0 Å². The monoisotopic (exact) mass is 291 g/mol. The summed E-state index contributed by atoms with van der Waals surface area (Å²) in [6.07, 6.45) is -1.20. The molecule has 1 aromatic carbocycles. The van der Waals surface area contributed by atoms with Gasteiger partial charge in [-0.25, -0.2) is 8.42 Å². The second kappa shape index (κ2) is 5.47. The van der Waals surface area contributed by atoms with E-state index in [2.05, 4.69) is 0 Å². The number of hydrogen-bond donors (Lipinski definition) is 2. The molecule has 0 spiro atoms. The number of halogens is 1. The van der Waals surface area contributed by atoms with Gasteiger partial charge >= 0.3 is 0 Å². The molecule has 102 valence electrons. The summed E-state index contributed by atoms with van der Waals surface area (Å²) in [4.78, 5) is 0. The number of nitrogens with two attached hydrogens (primary N) is 1. The smallest absolute Gasteiger partial charge is 0.175 e. The van der Waals surface area contributed by atoms with Crippen molar-refractivity contribution in [1.29, 1.82) is 0 Å². The van der Waals surface area contributed by atoms with Gasteiger partial charge in [0.25, 0.3) is 0 Å². The molecule has 2 atom stereocenters. The minimum Gasteiger partial charge on any atom is -0.399 e. The molecule has 0 aromatic heterocycles. The number of alkyl halides is 1. The van der Waals surface area contributed by atoms with E-state index in [0.717, 1.165) is 0 Å². The molecular weight excluding hydrogens is 274 g/mol. The van der Waals surface area contributed by atoms with Crippen molar-refractivity contribution in [1.82, 2.24) is 0 Å². The average molecular weight is 292 g/mol. The third kappa shape index (κ3) is 2.63. The number of aliphatic hydroxyl groups excluding tert-OH is 1. The van der Waals surface area contributed by atoms with E-state index in [1.54, 1.807) is 25.1 Å². The van der Waals surface area contributed by atoms with Crippen LogP contribution in [-0.2, 0) is 9.84 Å². The van der Waals surface area contributed by atoms with Gasteiger partial charge in [-0.3, -0.25) is 0 Å². The summed E-state index contributed by atoms with van der Waals surface area (Å²) in [6, 6.07) is 6.45. The van der Waals surface area contributed by atoms with Crippen LogP contribution < -0.4 is 5.73 Å². The molecule has 0 unspecified atom stereocenters. The summed E-state index contributed by atoms with van der Waals surface area (Å²) >= 11 is 6.17. The maximum atomic E-state index is 12.0. The van der Waals surface area contributed by atoms with E-state index in [0.29, 0.717) is 11.3 Å². The molecule has 18 heavy (non-hydrogen) atoms. The predicted octanol–water partition coefficient (Wildman–Crippen LogP) is 2.08. The SMILES string of the molecule is CC[C@](Cl)([C@H](O)c1cccc(N)c1)S(=O)(=O)CC. The van der Waals surface area contributed by atoms with Crippen LogP contribution in [0, 0.1) is 0 Å². The Balaban J connectivity index is 3.26. The minimum atomic E-state index is -3.60. The van der Waals surface area contributed by atoms with Gasteiger partial charge in [-0.2, -0.15) is 0 Å². The van der Waals surface area contributed by atoms with Crippen molar-refractivity contribution in [2.45, 2.75) is 30.6 Å². The van der Waals surface area contributed by atoms with Gasteiger partial charge in [0, 0.05) is 11.4 Å². The molecule has 0 radical (unpaired) electrons. The highest BCUT2D eigenvalue weighted by Crippen LogP contribution is 2.40. The van der Waals surface area contributed by atoms with Crippen molar-refractivity contribution in [3.63, 3.8) is 0 Å². The quantitative estimate of drug-likeness (QED) is 0.643. The Morgan fingerprint density at radius 2 is 2.06 bits per heavy atom. The number of benzene rings is 1. The molecule has 0 heterocycles. The fraction of sp³-hybridized carbons (Fsp3) is 0.500. The Labute approximate surface area is 113 Å². The Hall–Kier alpha value is -0.780. The summed E-state index contributed by atoms with van der Waals surface area (Å²) < 4.78 is 22.3. The van der Waals surface area contributed by atoms with Crippen molar-refractivity contribution in [2.75, 3.05) is 11.5 Å². The normalized spacial score (nSPS) is 17.1. The van der Waals surface area contributed by atoms with E-state index in [-0.39, 0.29) is 12.2 Å². The second-order valence-electron chi connectivity index (χ2n) is 4.12. The number of nitrogen functional groups attached to an aromatic ring is 1. The van der Waals surface area contributed by atoms with Gasteiger partial charge in [0.15, 0.2) is 14.0 Å². The largest absolute Gasteiger partial charge is 0.399 e. The van der Waals surface area contributed by atoms with Crippen molar-refractivity contribution < 1.29 is 13.5 Å². The number of anilines is 1. The lowest BCUT2D eigenvalue weighted by Crippen LogP contribution is -2.39. The van der Waals surface area contributed by atoms with Crippen molar-refractivity contribution in [3.8, 4) is 0 Å². The van der Waals surface area contributed by atoms with E-state index in [4.69, 9.17) is 17.3 Å². The molecule has 0 aliphatic rings. The first-order chi connectivity index (χ1) is 8.28. The third-order valence-corrected chi connectivity index (χ3v) is 6.50. The number of sulfone groups is 1. The molecule has 0 aliphatic carbocycles. The molecule has 3 N–H and O–H groups in total. The summed E-state index contributed by atoms with van der Waals surface area (Å²) in [6.45, 7) is 3.14. The van der Waals surface area contributed by atoms with Gasteiger partial charge in [0.2, 0.25) is 0 Å². The Morgan fingerprint density at radius 3 is 2.50 bits per heavy atom. The first kappa shape index (κ1) is 15.3. The van der Waals surface area contributed by atoms with Gasteiger partial charge < -0.3 is 10.8 Å². The van der Waals surface area contributed by atoms with Gasteiger partial charge in [-0.15, -0.1) is 0 Å². The lowest BCUT2D eigenvalue weighted by Gasteiger charge is -2.30. The molecule has 0 saturated heterocycles. The van der Waals surface area contributed by atoms with E-state index in [1.807, 2.05) is 0 Å². The highest BCUT2D eigenvalue weighted by atomic mass is 35.5. The molecule has 0 saturated carbocycles. The standard InChI is InChI=1S/C12H18ClNO3S/c1-3-12(13,18(16,17)4-2)11(15)9-6-5-7-10(14)8-9/h5-8,11,15H,3-4,14H2,1-2H3/t11-,12-/m1/s1. The molecule has 0 fully saturated rings. The fourth-order valence-corrected chi connectivity index (χ4v) is 3.65. The zero-order valence-corrected chi connectivity index (χ0v) is 12.0. The second-order valence-corrected chi connectivity index (χ2v) is 7.55. The number of hydrogen-bond acceptors (Lipinski definition) is 4. The minimum absolute atomic E-state index is 0.112. The molecule has 0 amide bonds. The Bertz CT molecular complexity index is 518. The van der Waals surface area contributed by atoms with Crippen LogP contribution in [0.25, 0.3) is 0 Å². The zero-order valence-electron chi connectivity index (χ0n) is 10.4. The molecule has 0 aliphatic heterocycles. The van der Waals surface area contributed by atoms with Crippen LogP contribution >= 0.6 is 11.6 Å². The van der Waals surface area contributed by atoms with Gasteiger partial charge in [0.1, 0.15) is 6.10 Å². The Kier molecular flexibility index (Phi) is 4.64. The Morgan fingerprint density at radius 1 is 1.44 bits per heavy atom. The molecule has 1 rings (SSSR count). The van der Waals surface area contributed by atoms with E-state index >= 15 is 0 Å². The first-order valence-corrected chi connectivity index (χ1v) is 7.76. The fourth-order valence-electron chi connectivity index (χ4n) is 1.80. The van der Waals surface area contributed by atoms with E-state index in [9.17, 15) is 13.5 Å². The molecule has 0 bridgehead atoms. The van der Waals surface area contributed by atoms with Crippen molar-refractivity contribution in [3.05, 3.63) is 29.8 Å². The van der Waals surface area contributed by atoms with Crippen LogP contribution in [0.1, 0.15) is 31.9 Å². The van der Waals surface area contributed by atoms with Gasteiger partial charge in [-0.1, -0.05) is 37.6 Å². The van der Waals surface area contributed by atoms with Crippen LogP contribution in [0.2, 0.25) is 0 Å². The number of rotatable bonds is 5. The summed E-state index contributed by atoms with van der Waals surface area (Å²) in [5.41, 5.74) is 6.48. The first-order valence-electron chi connectivity index (χ1n) is 5.73. The number of aliphatic hydroxyl groups is 1. The van der Waals surface area contributed by atoms with Crippen LogP contribution in [0.3, 0.4) is 0 Å². The predicted molar refractivity (Wildman–Crippen MR) is 74.2 cm³/mol. The van der Waals surface area contributed by atoms with E-state index < -0.39 is 20.1 Å². The zero-order chi connectivity index (χ0) is 14.0. The van der Waals surface area contributed by atoms with Gasteiger partial charge in [-0.05, 0) is 24.1 Å². The maximum absolute atomic E-state index is 12.0. The lowest BCUT2D eigenvalue weighted by molar-refractivity contribution is 0.154. The highest BCUT2D eigenvalue weighted by Gasteiger charge is 2.46. The van der Waals surface area contributed by atoms with Crippen LogP contribution in [-0.4, -0.2) is 23.5 Å². The molecule has 4 nitrogen and oxygen atoms in total. The molecule has 6 heteroatoms. The maximum Gasteiger partial charge on any atom is 0.175 e. The van der Waals surface area contributed by atoms with Gasteiger partial charge in [0.05, 0.1) is 0 Å². The van der Waals surface area contributed by atoms with Crippen LogP contribution in [0.4, 0.5) is 5.69 Å². The molecular formula is C12H18ClNO3S. The summed E-state index contributed by atoms with van der Waals surface area (Å²) in [7, 11) is -3.60. The topological polar surface area (TPSA) is 80.4 Å². The average Bonchev–Trinajstić information content (AvgIpc) is 2.36.